The van der Waals surface area contributed by atoms with Gasteiger partial charge < -0.3 is 5.32 Å². The summed E-state index contributed by atoms with van der Waals surface area (Å²) < 4.78 is 1.15. The molecule has 3 nitrogen and oxygen atoms in total. The highest BCUT2D eigenvalue weighted by atomic mass is 127. The first-order chi connectivity index (χ1) is 9.25. The summed E-state index contributed by atoms with van der Waals surface area (Å²) in [6, 6.07) is 17.7. The minimum atomic E-state index is 0.466. The molecule has 0 amide bonds. The Kier molecular flexibility index (Phi) is 5.29. The second-order valence-electron chi connectivity index (χ2n) is 3.71. The molecule has 96 valence electrons. The zero-order valence-electron chi connectivity index (χ0n) is 10.0. The van der Waals surface area contributed by atoms with Gasteiger partial charge in [-0.2, -0.15) is 5.10 Å². The number of thiocarbonyl (C=S) groups is 1. The quantitative estimate of drug-likeness (QED) is 0.369. The van der Waals surface area contributed by atoms with Gasteiger partial charge in [-0.05, 0) is 53.0 Å². The van der Waals surface area contributed by atoms with E-state index in [4.69, 9.17) is 12.2 Å². The van der Waals surface area contributed by atoms with Crippen LogP contribution in [0.4, 0.5) is 5.69 Å². The van der Waals surface area contributed by atoms with Crippen molar-refractivity contribution in [1.82, 2.24) is 5.43 Å². The number of nitrogens with one attached hydrogen (secondary N) is 2. The number of hydrogen-bond acceptors (Lipinski definition) is 2. The maximum atomic E-state index is 5.15. The summed E-state index contributed by atoms with van der Waals surface area (Å²) in [6.07, 6.45) is 1.75. The van der Waals surface area contributed by atoms with Gasteiger partial charge in [0.2, 0.25) is 0 Å². The van der Waals surface area contributed by atoms with Crippen molar-refractivity contribution in [2.45, 2.75) is 0 Å². The summed E-state index contributed by atoms with van der Waals surface area (Å²) in [4.78, 5) is 0. The fraction of sp³-hybridized carbons (Fsp3) is 0. The van der Waals surface area contributed by atoms with Crippen molar-refractivity contribution in [2.75, 3.05) is 5.32 Å². The Morgan fingerprint density at radius 2 is 1.74 bits per heavy atom. The van der Waals surface area contributed by atoms with Gasteiger partial charge in [0.25, 0.3) is 0 Å². The first-order valence-electron chi connectivity index (χ1n) is 5.65. The van der Waals surface area contributed by atoms with Crippen LogP contribution in [0.2, 0.25) is 0 Å². The number of anilines is 1. The van der Waals surface area contributed by atoms with Crippen LogP contribution >= 0.6 is 34.8 Å². The highest BCUT2D eigenvalue weighted by Crippen LogP contribution is 2.08. The van der Waals surface area contributed by atoms with Crippen LogP contribution in [-0.4, -0.2) is 11.3 Å². The maximum Gasteiger partial charge on any atom is 0.191 e. The molecule has 2 N–H and O–H groups in total. The predicted molar refractivity (Wildman–Crippen MR) is 92.6 cm³/mol. The third-order valence-corrected chi connectivity index (χ3v) is 3.48. The van der Waals surface area contributed by atoms with Crippen molar-refractivity contribution in [3.8, 4) is 0 Å². The van der Waals surface area contributed by atoms with E-state index >= 15 is 0 Å². The lowest BCUT2D eigenvalue weighted by molar-refractivity contribution is 1.05. The number of halogens is 1. The van der Waals surface area contributed by atoms with Gasteiger partial charge in [0.15, 0.2) is 5.11 Å². The molecule has 19 heavy (non-hydrogen) atoms. The van der Waals surface area contributed by atoms with Gasteiger partial charge in [-0.3, -0.25) is 5.43 Å². The van der Waals surface area contributed by atoms with Crippen molar-refractivity contribution in [2.24, 2.45) is 5.10 Å². The fourth-order valence-electron chi connectivity index (χ4n) is 1.42. The van der Waals surface area contributed by atoms with Gasteiger partial charge in [-0.15, -0.1) is 0 Å². The van der Waals surface area contributed by atoms with E-state index in [1.165, 1.54) is 0 Å². The molecule has 0 saturated carbocycles. The van der Waals surface area contributed by atoms with Gasteiger partial charge in [0.1, 0.15) is 0 Å². The molecule has 0 aliphatic heterocycles. The van der Waals surface area contributed by atoms with Crippen molar-refractivity contribution in [1.29, 1.82) is 0 Å². The van der Waals surface area contributed by atoms with Gasteiger partial charge in [0.05, 0.1) is 6.21 Å². The van der Waals surface area contributed by atoms with Gasteiger partial charge in [0, 0.05) is 14.8 Å². The summed E-state index contributed by atoms with van der Waals surface area (Å²) >= 11 is 7.41. The zero-order chi connectivity index (χ0) is 13.5. The second-order valence-corrected chi connectivity index (χ2v) is 5.28. The number of hydrazone groups is 1. The fourth-order valence-corrected chi connectivity index (χ4v) is 2.12. The first kappa shape index (κ1) is 14.0. The molecule has 2 aromatic rings. The van der Waals surface area contributed by atoms with Gasteiger partial charge in [-0.1, -0.05) is 36.4 Å². The van der Waals surface area contributed by atoms with Gasteiger partial charge >= 0.3 is 0 Å². The maximum absolute atomic E-state index is 5.15. The molecular formula is C14H12IN3S. The number of benzene rings is 2. The molecule has 0 saturated heterocycles. The van der Waals surface area contributed by atoms with Crippen LogP contribution in [0.3, 0.4) is 0 Å². The highest BCUT2D eigenvalue weighted by molar-refractivity contribution is 14.1. The number of hydrogen-bond donors (Lipinski definition) is 2. The molecule has 2 aromatic carbocycles. The Balaban J connectivity index is 1.89. The molecule has 0 atom stereocenters. The summed E-state index contributed by atoms with van der Waals surface area (Å²) in [5.74, 6) is 0. The van der Waals surface area contributed by atoms with Gasteiger partial charge in [-0.25, -0.2) is 0 Å². The summed E-state index contributed by atoms with van der Waals surface area (Å²) in [7, 11) is 0. The monoisotopic (exact) mass is 381 g/mol. The van der Waals surface area contributed by atoms with Crippen LogP contribution in [0.5, 0.6) is 0 Å². The number of para-hydroxylation sites is 1. The van der Waals surface area contributed by atoms with Crippen LogP contribution in [0.25, 0.3) is 0 Å². The number of rotatable bonds is 3. The third kappa shape index (κ3) is 4.60. The smallest absolute Gasteiger partial charge is 0.191 e. The largest absolute Gasteiger partial charge is 0.331 e. The van der Waals surface area contributed by atoms with E-state index in [9.17, 15) is 0 Å². The Morgan fingerprint density at radius 3 is 2.47 bits per heavy atom. The lowest BCUT2D eigenvalue weighted by atomic mass is 10.2. The Bertz CT molecular complexity index is 584. The predicted octanol–water partition coefficient (Wildman–Crippen LogP) is 3.61. The second kappa shape index (κ2) is 7.20. The molecule has 0 aliphatic carbocycles. The first-order valence-corrected chi connectivity index (χ1v) is 7.14. The molecule has 0 heterocycles. The van der Waals surface area contributed by atoms with Crippen LogP contribution in [0.15, 0.2) is 59.7 Å². The average molecular weight is 381 g/mol. The zero-order valence-corrected chi connectivity index (χ0v) is 13.0. The molecule has 2 rings (SSSR count). The van der Waals surface area contributed by atoms with E-state index in [0.29, 0.717) is 5.11 Å². The SMILES string of the molecule is S=C(N/N=C/c1ccccc1I)Nc1ccccc1. The lowest BCUT2D eigenvalue weighted by Gasteiger charge is -2.06. The molecule has 0 spiro atoms. The Morgan fingerprint density at radius 1 is 1.05 bits per heavy atom. The molecule has 0 aromatic heterocycles. The van der Waals surface area contributed by atoms with E-state index in [-0.39, 0.29) is 0 Å². The van der Waals surface area contributed by atoms with Crippen LogP contribution in [0.1, 0.15) is 5.56 Å². The summed E-state index contributed by atoms with van der Waals surface area (Å²) in [5.41, 5.74) is 4.78. The molecule has 5 heteroatoms. The topological polar surface area (TPSA) is 36.4 Å². The molecule has 0 bridgehead atoms. The average Bonchev–Trinajstić information content (AvgIpc) is 2.42. The summed E-state index contributed by atoms with van der Waals surface area (Å²) in [5, 5.41) is 7.63. The van der Waals surface area contributed by atoms with Crippen molar-refractivity contribution in [3.63, 3.8) is 0 Å². The van der Waals surface area contributed by atoms with Crippen LogP contribution in [-0.2, 0) is 0 Å². The lowest BCUT2D eigenvalue weighted by Crippen LogP contribution is -2.23. The molecule has 0 unspecified atom stereocenters. The summed E-state index contributed by atoms with van der Waals surface area (Å²) in [6.45, 7) is 0. The normalized spacial score (nSPS) is 10.4. The number of nitrogens with zero attached hydrogens (tertiary/aromatic N) is 1. The Labute approximate surface area is 131 Å². The van der Waals surface area contributed by atoms with Crippen molar-refractivity contribution < 1.29 is 0 Å². The van der Waals surface area contributed by atoms with E-state index in [1.54, 1.807) is 6.21 Å². The molecule has 0 radical (unpaired) electrons. The van der Waals surface area contributed by atoms with E-state index < -0.39 is 0 Å². The van der Waals surface area contributed by atoms with E-state index in [1.807, 2.05) is 54.6 Å². The van der Waals surface area contributed by atoms with Crippen LogP contribution in [0, 0.1) is 3.57 Å². The standard InChI is InChI=1S/C14H12IN3S/c15-13-9-5-4-6-11(13)10-16-18-14(19)17-12-7-2-1-3-8-12/h1-10H,(H2,17,18,19)/b16-10+. The molecular weight excluding hydrogens is 369 g/mol. The third-order valence-electron chi connectivity index (χ3n) is 2.31. The van der Waals surface area contributed by atoms with Crippen molar-refractivity contribution in [3.05, 3.63) is 63.7 Å². The Hall–Kier alpha value is -1.47. The molecule has 0 fully saturated rings. The minimum Gasteiger partial charge on any atom is -0.331 e. The highest BCUT2D eigenvalue weighted by Gasteiger charge is 1.95. The van der Waals surface area contributed by atoms with E-state index in [2.05, 4.69) is 38.4 Å². The van der Waals surface area contributed by atoms with E-state index in [0.717, 1.165) is 14.8 Å². The molecule has 0 aliphatic rings. The van der Waals surface area contributed by atoms with Crippen LogP contribution < -0.4 is 10.7 Å². The minimum absolute atomic E-state index is 0.466. The van der Waals surface area contributed by atoms with Crippen molar-refractivity contribution >= 4 is 51.8 Å².